The molecule has 0 saturated carbocycles. The summed E-state index contributed by atoms with van der Waals surface area (Å²) in [7, 11) is 0. The van der Waals surface area contributed by atoms with Crippen molar-refractivity contribution in [3.05, 3.63) is 59.5 Å². The molecule has 3 rings (SSSR count). The van der Waals surface area contributed by atoms with Crippen molar-refractivity contribution >= 4 is 11.7 Å². The first kappa shape index (κ1) is 15.5. The van der Waals surface area contributed by atoms with Gasteiger partial charge in [0.15, 0.2) is 11.5 Å². The minimum absolute atomic E-state index is 0.0838. The molecule has 1 saturated heterocycles. The lowest BCUT2D eigenvalue weighted by Gasteiger charge is -2.33. The van der Waals surface area contributed by atoms with Crippen molar-refractivity contribution in [2.45, 2.75) is 6.92 Å². The van der Waals surface area contributed by atoms with E-state index in [4.69, 9.17) is 4.42 Å². The van der Waals surface area contributed by atoms with E-state index in [-0.39, 0.29) is 11.7 Å². The Balaban J connectivity index is 1.52. The Labute approximate surface area is 135 Å². The Kier molecular flexibility index (Phi) is 4.57. The minimum atomic E-state index is -0.0838. The van der Waals surface area contributed by atoms with E-state index in [0.29, 0.717) is 38.5 Å². The Morgan fingerprint density at radius 3 is 2.35 bits per heavy atom. The summed E-state index contributed by atoms with van der Waals surface area (Å²) in [6, 6.07) is 11.0. The zero-order valence-corrected chi connectivity index (χ0v) is 13.2. The van der Waals surface area contributed by atoms with Crippen LogP contribution < -0.4 is 0 Å². The van der Waals surface area contributed by atoms with Crippen LogP contribution in [-0.4, -0.2) is 54.2 Å². The molecule has 1 aliphatic rings. The second kappa shape index (κ2) is 6.79. The lowest BCUT2D eigenvalue weighted by Crippen LogP contribution is -2.49. The molecule has 0 spiro atoms. The molecule has 1 amide bonds. The van der Waals surface area contributed by atoms with Crippen LogP contribution in [0.2, 0.25) is 0 Å². The van der Waals surface area contributed by atoms with Crippen LogP contribution in [0.15, 0.2) is 47.1 Å². The number of Topliss-reactive ketones (excluding diaryl/α,β-unsaturated/α-hetero) is 1. The van der Waals surface area contributed by atoms with Gasteiger partial charge in [0.25, 0.3) is 5.91 Å². The zero-order chi connectivity index (χ0) is 16.2. The van der Waals surface area contributed by atoms with Gasteiger partial charge in [0.1, 0.15) is 0 Å². The first-order valence-corrected chi connectivity index (χ1v) is 7.78. The third-order valence-corrected chi connectivity index (χ3v) is 4.13. The van der Waals surface area contributed by atoms with Gasteiger partial charge in [-0.3, -0.25) is 14.5 Å². The molecule has 0 radical (unpaired) electrons. The summed E-state index contributed by atoms with van der Waals surface area (Å²) in [5.41, 5.74) is 1.89. The van der Waals surface area contributed by atoms with Gasteiger partial charge >= 0.3 is 0 Å². The minimum Gasteiger partial charge on any atom is -0.459 e. The maximum absolute atomic E-state index is 12.3. The van der Waals surface area contributed by atoms with Crippen LogP contribution in [0, 0.1) is 6.92 Å². The fourth-order valence-corrected chi connectivity index (χ4v) is 2.70. The van der Waals surface area contributed by atoms with Gasteiger partial charge in [-0.25, -0.2) is 0 Å². The maximum atomic E-state index is 12.3. The zero-order valence-electron chi connectivity index (χ0n) is 13.2. The summed E-state index contributed by atoms with van der Waals surface area (Å²) in [6.07, 6.45) is 1.50. The van der Waals surface area contributed by atoms with Gasteiger partial charge in [-0.15, -0.1) is 0 Å². The molecule has 0 bridgehead atoms. The van der Waals surface area contributed by atoms with E-state index in [1.165, 1.54) is 6.26 Å². The number of hydrogen-bond donors (Lipinski definition) is 0. The fourth-order valence-electron chi connectivity index (χ4n) is 2.70. The molecule has 120 valence electrons. The van der Waals surface area contributed by atoms with E-state index in [2.05, 4.69) is 4.90 Å². The van der Waals surface area contributed by atoms with Gasteiger partial charge in [-0.2, -0.15) is 0 Å². The van der Waals surface area contributed by atoms with Crippen LogP contribution >= 0.6 is 0 Å². The Morgan fingerprint density at radius 2 is 1.74 bits per heavy atom. The number of furan rings is 1. The second-order valence-corrected chi connectivity index (χ2v) is 5.83. The highest BCUT2D eigenvalue weighted by Crippen LogP contribution is 2.11. The topological polar surface area (TPSA) is 53.8 Å². The van der Waals surface area contributed by atoms with Crippen molar-refractivity contribution in [3.63, 3.8) is 0 Å². The number of aryl methyl sites for hydroxylation is 1. The molecule has 23 heavy (non-hydrogen) atoms. The van der Waals surface area contributed by atoms with Crippen molar-refractivity contribution in [1.29, 1.82) is 0 Å². The number of rotatable bonds is 4. The highest BCUT2D eigenvalue weighted by molar-refractivity contribution is 5.97. The summed E-state index contributed by atoms with van der Waals surface area (Å²) in [5.74, 6) is 0.407. The molecule has 0 aliphatic carbocycles. The average Bonchev–Trinajstić information content (AvgIpc) is 3.10. The van der Waals surface area contributed by atoms with Crippen LogP contribution in [0.3, 0.4) is 0 Å². The van der Waals surface area contributed by atoms with E-state index in [0.717, 1.165) is 11.1 Å². The molecule has 0 N–H and O–H groups in total. The molecule has 1 aromatic heterocycles. The summed E-state index contributed by atoms with van der Waals surface area (Å²) in [4.78, 5) is 28.3. The van der Waals surface area contributed by atoms with Gasteiger partial charge in [0, 0.05) is 31.7 Å². The van der Waals surface area contributed by atoms with Gasteiger partial charge in [0.05, 0.1) is 12.8 Å². The molecule has 0 unspecified atom stereocenters. The molecule has 1 aromatic carbocycles. The lowest BCUT2D eigenvalue weighted by atomic mass is 10.1. The quantitative estimate of drug-likeness (QED) is 0.813. The van der Waals surface area contributed by atoms with Gasteiger partial charge in [-0.1, -0.05) is 29.8 Å². The summed E-state index contributed by atoms with van der Waals surface area (Å²) >= 11 is 0. The third-order valence-electron chi connectivity index (χ3n) is 4.13. The second-order valence-electron chi connectivity index (χ2n) is 5.83. The number of ketones is 1. The summed E-state index contributed by atoms with van der Waals surface area (Å²) < 4.78 is 5.15. The third kappa shape index (κ3) is 3.68. The first-order valence-electron chi connectivity index (χ1n) is 7.78. The number of nitrogens with zero attached hydrogens (tertiary/aromatic N) is 2. The van der Waals surface area contributed by atoms with Gasteiger partial charge < -0.3 is 9.32 Å². The van der Waals surface area contributed by atoms with Crippen LogP contribution in [0.1, 0.15) is 26.5 Å². The van der Waals surface area contributed by atoms with Crippen LogP contribution in [0.25, 0.3) is 0 Å². The molecule has 1 fully saturated rings. The number of carbonyl (C=O) groups is 2. The Hall–Kier alpha value is -2.40. The van der Waals surface area contributed by atoms with Crippen molar-refractivity contribution in [2.75, 3.05) is 32.7 Å². The SMILES string of the molecule is Cc1ccc(C(=O)CN2CCN(C(=O)c3ccco3)CC2)cc1. The standard InChI is InChI=1S/C18H20N2O3/c1-14-4-6-15(7-5-14)16(21)13-19-8-10-20(11-9-19)18(22)17-3-2-12-23-17/h2-7,12H,8-11,13H2,1H3. The maximum Gasteiger partial charge on any atom is 0.289 e. The van der Waals surface area contributed by atoms with Gasteiger partial charge in [0.2, 0.25) is 0 Å². The number of benzene rings is 1. The molecule has 5 heteroatoms. The van der Waals surface area contributed by atoms with E-state index in [1.807, 2.05) is 31.2 Å². The predicted molar refractivity (Wildman–Crippen MR) is 86.6 cm³/mol. The number of carbonyl (C=O) groups excluding carboxylic acids is 2. The molecular formula is C18H20N2O3. The number of hydrogen-bond acceptors (Lipinski definition) is 4. The van der Waals surface area contributed by atoms with E-state index >= 15 is 0 Å². The smallest absolute Gasteiger partial charge is 0.289 e. The predicted octanol–water partition coefficient (Wildman–Crippen LogP) is 2.23. The monoisotopic (exact) mass is 312 g/mol. The van der Waals surface area contributed by atoms with Crippen LogP contribution in [-0.2, 0) is 0 Å². The summed E-state index contributed by atoms with van der Waals surface area (Å²) in [5, 5.41) is 0. The van der Waals surface area contributed by atoms with Gasteiger partial charge in [-0.05, 0) is 19.1 Å². The van der Waals surface area contributed by atoms with Crippen LogP contribution in [0.4, 0.5) is 0 Å². The number of piperazine rings is 1. The Morgan fingerprint density at radius 1 is 1.04 bits per heavy atom. The van der Waals surface area contributed by atoms with Crippen molar-refractivity contribution in [1.82, 2.24) is 9.80 Å². The first-order chi connectivity index (χ1) is 11.1. The van der Waals surface area contributed by atoms with Crippen LogP contribution in [0.5, 0.6) is 0 Å². The normalized spacial score (nSPS) is 15.6. The van der Waals surface area contributed by atoms with Crippen molar-refractivity contribution < 1.29 is 14.0 Å². The highest BCUT2D eigenvalue weighted by Gasteiger charge is 2.24. The molecular weight excluding hydrogens is 292 g/mol. The molecule has 2 heterocycles. The van der Waals surface area contributed by atoms with Crippen molar-refractivity contribution in [2.24, 2.45) is 0 Å². The highest BCUT2D eigenvalue weighted by atomic mass is 16.3. The van der Waals surface area contributed by atoms with Crippen molar-refractivity contribution in [3.8, 4) is 0 Å². The fraction of sp³-hybridized carbons (Fsp3) is 0.333. The molecule has 5 nitrogen and oxygen atoms in total. The molecule has 0 atom stereocenters. The Bertz CT molecular complexity index is 669. The number of amides is 1. The average molecular weight is 312 g/mol. The van der Waals surface area contributed by atoms with E-state index in [1.54, 1.807) is 17.0 Å². The van der Waals surface area contributed by atoms with E-state index < -0.39 is 0 Å². The molecule has 1 aliphatic heterocycles. The summed E-state index contributed by atoms with van der Waals surface area (Å²) in [6.45, 7) is 5.02. The largest absolute Gasteiger partial charge is 0.459 e. The lowest BCUT2D eigenvalue weighted by molar-refractivity contribution is 0.0596. The van der Waals surface area contributed by atoms with E-state index in [9.17, 15) is 9.59 Å². The molecule has 2 aromatic rings.